The molecule has 32 heavy (non-hydrogen) atoms. The maximum Gasteiger partial charge on any atom is 0.261 e. The van der Waals surface area contributed by atoms with Gasteiger partial charge in [0.1, 0.15) is 5.84 Å². The van der Waals surface area contributed by atoms with E-state index in [4.69, 9.17) is 11.1 Å². The summed E-state index contributed by atoms with van der Waals surface area (Å²) >= 11 is 0. The van der Waals surface area contributed by atoms with E-state index in [0.29, 0.717) is 17.8 Å². The first-order chi connectivity index (χ1) is 14.8. The lowest BCUT2D eigenvalue weighted by atomic mass is 10.1. The Hall–Kier alpha value is -3.29. The van der Waals surface area contributed by atoms with Crippen LogP contribution in [0.15, 0.2) is 77.7 Å². The number of hydrogen-bond acceptors (Lipinski definition) is 3. The lowest BCUT2D eigenvalue weighted by molar-refractivity contribution is 0.601. The Balaban J connectivity index is 0.00000289. The largest absolute Gasteiger partial charge is 0.384 e. The van der Waals surface area contributed by atoms with Gasteiger partial charge in [-0.15, -0.1) is 12.4 Å². The maximum atomic E-state index is 12.7. The van der Waals surface area contributed by atoms with Crippen molar-refractivity contribution in [2.75, 3.05) is 4.72 Å². The van der Waals surface area contributed by atoms with E-state index in [0.717, 1.165) is 27.7 Å². The number of nitrogen functional groups attached to an aromatic ring is 1. The van der Waals surface area contributed by atoms with Gasteiger partial charge in [0.15, 0.2) is 0 Å². The molecule has 0 atom stereocenters. The monoisotopic (exact) mass is 468 g/mol. The molecule has 0 aliphatic rings. The van der Waals surface area contributed by atoms with Crippen molar-refractivity contribution in [3.05, 3.63) is 95.2 Å². The van der Waals surface area contributed by atoms with Crippen LogP contribution >= 0.6 is 12.4 Å². The molecule has 8 heteroatoms. The molecule has 0 amide bonds. The van der Waals surface area contributed by atoms with Crippen molar-refractivity contribution in [3.63, 3.8) is 0 Å². The third-order valence-electron chi connectivity index (χ3n) is 5.55. The summed E-state index contributed by atoms with van der Waals surface area (Å²) in [6, 6.07) is 21.6. The van der Waals surface area contributed by atoms with Crippen molar-refractivity contribution < 1.29 is 8.42 Å². The Morgan fingerprint density at radius 1 is 1.00 bits per heavy atom. The number of rotatable bonds is 6. The highest BCUT2D eigenvalue weighted by Crippen LogP contribution is 2.29. The molecule has 4 rings (SSSR count). The van der Waals surface area contributed by atoms with Crippen molar-refractivity contribution in [2.45, 2.75) is 25.3 Å². The van der Waals surface area contributed by atoms with Crippen LogP contribution in [0.25, 0.3) is 10.9 Å². The molecular formula is C24H25ClN4O2S. The van der Waals surface area contributed by atoms with Crippen molar-refractivity contribution in [1.29, 1.82) is 5.41 Å². The number of nitrogens with zero attached hydrogens (tertiary/aromatic N) is 1. The zero-order chi connectivity index (χ0) is 22.2. The quantitative estimate of drug-likeness (QED) is 0.279. The van der Waals surface area contributed by atoms with Gasteiger partial charge in [-0.1, -0.05) is 42.5 Å². The molecule has 6 nitrogen and oxygen atoms in total. The van der Waals surface area contributed by atoms with Gasteiger partial charge in [-0.25, -0.2) is 8.42 Å². The van der Waals surface area contributed by atoms with Crippen molar-refractivity contribution in [3.8, 4) is 0 Å². The van der Waals surface area contributed by atoms with Crippen LogP contribution in [-0.2, 0) is 16.6 Å². The molecule has 0 spiro atoms. The van der Waals surface area contributed by atoms with Crippen LogP contribution in [0.4, 0.5) is 5.69 Å². The molecule has 1 aromatic heterocycles. The summed E-state index contributed by atoms with van der Waals surface area (Å²) in [6.07, 6.45) is 0. The fourth-order valence-electron chi connectivity index (χ4n) is 3.70. The molecule has 0 aliphatic heterocycles. The van der Waals surface area contributed by atoms with Gasteiger partial charge in [-0.2, -0.15) is 0 Å². The molecular weight excluding hydrogens is 444 g/mol. The molecule has 0 radical (unpaired) electrons. The Kier molecular flexibility index (Phi) is 6.62. The second-order valence-electron chi connectivity index (χ2n) is 7.56. The number of aryl methyl sites for hydroxylation is 1. The molecule has 0 unspecified atom stereocenters. The summed E-state index contributed by atoms with van der Waals surface area (Å²) in [5, 5.41) is 8.54. The summed E-state index contributed by atoms with van der Waals surface area (Å²) in [6.45, 7) is 4.78. The van der Waals surface area contributed by atoms with Crippen LogP contribution in [0.3, 0.4) is 0 Å². The first-order valence-electron chi connectivity index (χ1n) is 9.87. The number of anilines is 1. The van der Waals surface area contributed by atoms with Gasteiger partial charge >= 0.3 is 0 Å². The minimum atomic E-state index is -3.64. The van der Waals surface area contributed by atoms with E-state index in [1.54, 1.807) is 36.4 Å². The second kappa shape index (κ2) is 9.06. The van der Waals surface area contributed by atoms with E-state index in [9.17, 15) is 8.42 Å². The van der Waals surface area contributed by atoms with Crippen LogP contribution in [0.5, 0.6) is 0 Å². The summed E-state index contributed by atoms with van der Waals surface area (Å²) in [5.74, 6) is 0.0514. The molecule has 1 heterocycles. The zero-order valence-corrected chi connectivity index (χ0v) is 19.4. The number of halogens is 1. The van der Waals surface area contributed by atoms with Crippen LogP contribution < -0.4 is 10.5 Å². The van der Waals surface area contributed by atoms with E-state index in [-0.39, 0.29) is 23.1 Å². The van der Waals surface area contributed by atoms with Gasteiger partial charge < -0.3 is 10.3 Å². The highest BCUT2D eigenvalue weighted by atomic mass is 35.5. The molecule has 0 fully saturated rings. The minimum Gasteiger partial charge on any atom is -0.384 e. The Morgan fingerprint density at radius 3 is 2.28 bits per heavy atom. The fourth-order valence-corrected chi connectivity index (χ4v) is 4.77. The first-order valence-corrected chi connectivity index (χ1v) is 11.4. The van der Waals surface area contributed by atoms with Crippen LogP contribution in [0.1, 0.15) is 22.4 Å². The SMILES string of the molecule is Cc1c(C)n(Cc2ccc(C(=N)N)cc2)c2ccc(NS(=O)(=O)c3ccccc3)cc12.Cl. The molecule has 166 valence electrons. The molecule has 0 saturated carbocycles. The Labute approximate surface area is 194 Å². The number of aromatic nitrogens is 1. The molecule has 0 bridgehead atoms. The summed E-state index contributed by atoms with van der Waals surface area (Å²) in [5.41, 5.74) is 11.1. The standard InChI is InChI=1S/C24H24N4O2S.ClH/c1-16-17(2)28(15-18-8-10-19(11-9-18)24(25)26)23-13-12-20(14-22(16)23)27-31(29,30)21-6-4-3-5-7-21;/h3-14,27H,15H2,1-2H3,(H3,25,26);1H. The third-order valence-corrected chi connectivity index (χ3v) is 6.95. The number of fused-ring (bicyclic) bond motifs is 1. The Morgan fingerprint density at radius 2 is 1.66 bits per heavy atom. The maximum absolute atomic E-state index is 12.7. The van der Waals surface area contributed by atoms with Crippen LogP contribution in [-0.4, -0.2) is 18.8 Å². The molecule has 4 aromatic rings. The zero-order valence-electron chi connectivity index (χ0n) is 17.8. The normalized spacial score (nSPS) is 11.2. The minimum absolute atomic E-state index is 0. The number of nitrogens with one attached hydrogen (secondary N) is 2. The van der Waals surface area contributed by atoms with Crippen molar-refractivity contribution >= 4 is 44.9 Å². The second-order valence-corrected chi connectivity index (χ2v) is 9.24. The van der Waals surface area contributed by atoms with Gasteiger partial charge in [-0.05, 0) is 55.3 Å². The average Bonchev–Trinajstić information content (AvgIpc) is 2.99. The highest BCUT2D eigenvalue weighted by Gasteiger charge is 2.16. The van der Waals surface area contributed by atoms with E-state index in [1.165, 1.54) is 0 Å². The van der Waals surface area contributed by atoms with Gasteiger partial charge in [0.2, 0.25) is 0 Å². The third kappa shape index (κ3) is 4.49. The lowest BCUT2D eigenvalue weighted by Gasteiger charge is -2.11. The van der Waals surface area contributed by atoms with Gasteiger partial charge in [0.25, 0.3) is 10.0 Å². The fraction of sp³-hybridized carbons (Fsp3) is 0.125. The molecule has 4 N–H and O–H groups in total. The number of hydrogen-bond donors (Lipinski definition) is 3. The summed E-state index contributed by atoms with van der Waals surface area (Å²) < 4.78 is 30.2. The van der Waals surface area contributed by atoms with Gasteiger partial charge in [-0.3, -0.25) is 10.1 Å². The van der Waals surface area contributed by atoms with E-state index in [1.807, 2.05) is 43.3 Å². The van der Waals surface area contributed by atoms with E-state index in [2.05, 4.69) is 16.2 Å². The molecule has 3 aromatic carbocycles. The molecule has 0 saturated heterocycles. The first kappa shape index (κ1) is 23.4. The van der Waals surface area contributed by atoms with Crippen LogP contribution in [0.2, 0.25) is 0 Å². The van der Waals surface area contributed by atoms with Crippen molar-refractivity contribution in [2.24, 2.45) is 5.73 Å². The smallest absolute Gasteiger partial charge is 0.261 e. The number of benzene rings is 3. The number of nitrogens with two attached hydrogens (primary N) is 1. The van der Waals surface area contributed by atoms with E-state index < -0.39 is 10.0 Å². The summed E-state index contributed by atoms with van der Waals surface area (Å²) in [4.78, 5) is 0.231. The predicted molar refractivity (Wildman–Crippen MR) is 132 cm³/mol. The lowest BCUT2D eigenvalue weighted by Crippen LogP contribution is -2.12. The number of amidine groups is 1. The van der Waals surface area contributed by atoms with E-state index >= 15 is 0 Å². The summed E-state index contributed by atoms with van der Waals surface area (Å²) in [7, 11) is -3.64. The van der Waals surface area contributed by atoms with Crippen molar-refractivity contribution in [1.82, 2.24) is 4.57 Å². The predicted octanol–water partition coefficient (Wildman–Crippen LogP) is 4.81. The number of sulfonamides is 1. The average molecular weight is 469 g/mol. The van der Waals surface area contributed by atoms with Crippen LogP contribution in [0, 0.1) is 19.3 Å². The highest BCUT2D eigenvalue weighted by molar-refractivity contribution is 7.92. The Bertz CT molecular complexity index is 1380. The topological polar surface area (TPSA) is 101 Å². The molecule has 0 aliphatic carbocycles. The van der Waals surface area contributed by atoms with Gasteiger partial charge in [0, 0.05) is 34.4 Å². The van der Waals surface area contributed by atoms with Gasteiger partial charge in [0.05, 0.1) is 4.90 Å².